The summed E-state index contributed by atoms with van der Waals surface area (Å²) in [6.45, 7) is 16.9. The van der Waals surface area contributed by atoms with Gasteiger partial charge in [0, 0.05) is 19.6 Å². The van der Waals surface area contributed by atoms with Gasteiger partial charge in [-0.2, -0.15) is 0 Å². The number of aliphatic hydroxyl groups excluding tert-OH is 1. The van der Waals surface area contributed by atoms with Crippen molar-refractivity contribution in [3.05, 3.63) is 0 Å². The van der Waals surface area contributed by atoms with Gasteiger partial charge in [0.15, 0.2) is 0 Å². The van der Waals surface area contributed by atoms with E-state index in [1.54, 1.807) is 0 Å². The van der Waals surface area contributed by atoms with Crippen molar-refractivity contribution < 1.29 is 9.90 Å². The Balaban J connectivity index is 5.06. The van der Waals surface area contributed by atoms with Crippen LogP contribution < -0.4 is 5.32 Å². The van der Waals surface area contributed by atoms with E-state index < -0.39 is 6.23 Å². The van der Waals surface area contributed by atoms with E-state index in [0.29, 0.717) is 30.7 Å². The molecule has 21 heavy (non-hydrogen) atoms. The van der Waals surface area contributed by atoms with Crippen molar-refractivity contribution in [1.29, 1.82) is 0 Å². The van der Waals surface area contributed by atoms with E-state index in [4.69, 9.17) is 0 Å². The van der Waals surface area contributed by atoms with Gasteiger partial charge in [0.2, 0.25) is 5.91 Å². The van der Waals surface area contributed by atoms with Gasteiger partial charge >= 0.3 is 0 Å². The van der Waals surface area contributed by atoms with E-state index >= 15 is 0 Å². The van der Waals surface area contributed by atoms with Crippen molar-refractivity contribution in [3.63, 3.8) is 0 Å². The summed E-state index contributed by atoms with van der Waals surface area (Å²) in [5.74, 6) is 0.922. The molecule has 2 unspecified atom stereocenters. The Morgan fingerprint density at radius 2 is 1.48 bits per heavy atom. The summed E-state index contributed by atoms with van der Waals surface area (Å²) in [7, 11) is 0. The molecule has 126 valence electrons. The van der Waals surface area contributed by atoms with Crippen molar-refractivity contribution in [2.75, 3.05) is 19.6 Å². The lowest BCUT2D eigenvalue weighted by Crippen LogP contribution is -2.49. The second-order valence-corrected chi connectivity index (χ2v) is 7.29. The third-order valence-corrected chi connectivity index (χ3v) is 3.35. The fourth-order valence-corrected chi connectivity index (χ4v) is 2.66. The fourth-order valence-electron chi connectivity index (χ4n) is 2.66. The van der Waals surface area contributed by atoms with Crippen LogP contribution in [0, 0.1) is 23.7 Å². The lowest BCUT2D eigenvalue weighted by atomic mass is 9.93. The SMILES string of the molecule is CCNC(=O)C(CC(C)C)C(O)N(CC(C)C)CC(C)C. The Labute approximate surface area is 131 Å². The monoisotopic (exact) mass is 300 g/mol. The lowest BCUT2D eigenvalue weighted by molar-refractivity contribution is -0.137. The second kappa shape index (κ2) is 10.2. The van der Waals surface area contributed by atoms with Gasteiger partial charge in [0.05, 0.1) is 5.92 Å². The van der Waals surface area contributed by atoms with E-state index in [0.717, 1.165) is 13.1 Å². The minimum Gasteiger partial charge on any atom is -0.378 e. The van der Waals surface area contributed by atoms with Gasteiger partial charge in [-0.1, -0.05) is 41.5 Å². The topological polar surface area (TPSA) is 52.6 Å². The molecule has 2 atom stereocenters. The zero-order valence-corrected chi connectivity index (χ0v) is 15.0. The molecule has 0 saturated heterocycles. The Morgan fingerprint density at radius 1 is 1.00 bits per heavy atom. The Hall–Kier alpha value is -0.610. The Kier molecular flexibility index (Phi) is 9.88. The number of carbonyl (C=O) groups is 1. The summed E-state index contributed by atoms with van der Waals surface area (Å²) in [4.78, 5) is 14.4. The number of hydrogen-bond donors (Lipinski definition) is 2. The second-order valence-electron chi connectivity index (χ2n) is 7.29. The predicted molar refractivity (Wildman–Crippen MR) is 88.9 cm³/mol. The van der Waals surface area contributed by atoms with Gasteiger partial charge in [0.1, 0.15) is 6.23 Å². The molecular formula is C17H36N2O2. The molecule has 0 aromatic heterocycles. The summed E-state index contributed by atoms with van der Waals surface area (Å²) in [6.07, 6.45) is 0.00317. The lowest BCUT2D eigenvalue weighted by Gasteiger charge is -2.35. The number of amides is 1. The van der Waals surface area contributed by atoms with Gasteiger partial charge in [0.25, 0.3) is 0 Å². The Bertz CT molecular complexity index is 281. The first-order chi connectivity index (χ1) is 9.68. The molecule has 0 bridgehead atoms. The van der Waals surface area contributed by atoms with Crippen LogP contribution in [-0.4, -0.2) is 41.8 Å². The molecule has 0 fully saturated rings. The molecule has 1 amide bonds. The van der Waals surface area contributed by atoms with Crippen LogP contribution in [0.3, 0.4) is 0 Å². The maximum Gasteiger partial charge on any atom is 0.227 e. The van der Waals surface area contributed by atoms with Gasteiger partial charge in [-0.15, -0.1) is 0 Å². The Morgan fingerprint density at radius 3 is 1.81 bits per heavy atom. The molecule has 4 nitrogen and oxygen atoms in total. The summed E-state index contributed by atoms with van der Waals surface area (Å²) < 4.78 is 0. The molecule has 0 aromatic carbocycles. The zero-order chi connectivity index (χ0) is 16.6. The van der Waals surface area contributed by atoms with Gasteiger partial charge in [-0.05, 0) is 31.1 Å². The van der Waals surface area contributed by atoms with E-state index in [1.807, 2.05) is 6.92 Å². The van der Waals surface area contributed by atoms with Gasteiger partial charge in [-0.25, -0.2) is 0 Å². The highest BCUT2D eigenvalue weighted by Crippen LogP contribution is 2.21. The predicted octanol–water partition coefficient (Wildman–Crippen LogP) is 2.72. The number of hydrogen-bond acceptors (Lipinski definition) is 3. The molecule has 0 radical (unpaired) electrons. The van der Waals surface area contributed by atoms with Crippen molar-refractivity contribution in [3.8, 4) is 0 Å². The van der Waals surface area contributed by atoms with Crippen LogP contribution in [0.25, 0.3) is 0 Å². The quantitative estimate of drug-likeness (QED) is 0.610. The molecular weight excluding hydrogens is 264 g/mol. The third kappa shape index (κ3) is 8.42. The number of nitrogens with one attached hydrogen (secondary N) is 1. The fraction of sp³-hybridized carbons (Fsp3) is 0.941. The van der Waals surface area contributed by atoms with Crippen LogP contribution in [0.4, 0.5) is 0 Å². The van der Waals surface area contributed by atoms with Crippen LogP contribution >= 0.6 is 0 Å². The number of nitrogens with zero attached hydrogens (tertiary/aromatic N) is 1. The van der Waals surface area contributed by atoms with Crippen molar-refractivity contribution in [1.82, 2.24) is 10.2 Å². The molecule has 0 aromatic rings. The first kappa shape index (κ1) is 20.4. The molecule has 0 aliphatic carbocycles. The van der Waals surface area contributed by atoms with Crippen LogP contribution in [0.1, 0.15) is 54.9 Å². The van der Waals surface area contributed by atoms with E-state index in [2.05, 4.69) is 51.8 Å². The smallest absolute Gasteiger partial charge is 0.227 e. The first-order valence-electron chi connectivity index (χ1n) is 8.38. The summed E-state index contributed by atoms with van der Waals surface area (Å²) in [5.41, 5.74) is 0. The number of rotatable bonds is 10. The van der Waals surface area contributed by atoms with Gasteiger partial charge < -0.3 is 10.4 Å². The summed E-state index contributed by atoms with van der Waals surface area (Å²) in [6, 6.07) is 0. The zero-order valence-electron chi connectivity index (χ0n) is 15.0. The highest BCUT2D eigenvalue weighted by Gasteiger charge is 2.32. The average molecular weight is 300 g/mol. The standard InChI is InChI=1S/C17H36N2O2/c1-8-18-16(20)15(9-12(2)3)17(21)19(10-13(4)5)11-14(6)7/h12-15,17,21H,8-11H2,1-7H3,(H,18,20). The molecule has 0 heterocycles. The third-order valence-electron chi connectivity index (χ3n) is 3.35. The maximum absolute atomic E-state index is 12.3. The summed E-state index contributed by atoms with van der Waals surface area (Å²) in [5, 5.41) is 13.6. The average Bonchev–Trinajstić information content (AvgIpc) is 2.33. The van der Waals surface area contributed by atoms with Crippen molar-refractivity contribution in [2.45, 2.75) is 61.1 Å². The minimum absolute atomic E-state index is 0.0313. The van der Waals surface area contributed by atoms with Gasteiger partial charge in [-0.3, -0.25) is 9.69 Å². The maximum atomic E-state index is 12.3. The van der Waals surface area contributed by atoms with Crippen molar-refractivity contribution in [2.24, 2.45) is 23.7 Å². The first-order valence-corrected chi connectivity index (χ1v) is 8.38. The van der Waals surface area contributed by atoms with E-state index in [1.165, 1.54) is 0 Å². The van der Waals surface area contributed by atoms with Crippen LogP contribution in [0.2, 0.25) is 0 Å². The largest absolute Gasteiger partial charge is 0.378 e. The van der Waals surface area contributed by atoms with Crippen LogP contribution in [0.5, 0.6) is 0 Å². The van der Waals surface area contributed by atoms with Crippen LogP contribution in [0.15, 0.2) is 0 Å². The van der Waals surface area contributed by atoms with Crippen molar-refractivity contribution >= 4 is 5.91 Å². The molecule has 2 N–H and O–H groups in total. The molecule has 0 aliphatic heterocycles. The highest BCUT2D eigenvalue weighted by atomic mass is 16.3. The normalized spacial score (nSPS) is 15.0. The summed E-state index contributed by atoms with van der Waals surface area (Å²) >= 11 is 0. The molecule has 0 saturated carbocycles. The van der Waals surface area contributed by atoms with Crippen LogP contribution in [-0.2, 0) is 4.79 Å². The molecule has 0 rings (SSSR count). The molecule has 0 aliphatic rings. The number of carbonyl (C=O) groups excluding carboxylic acids is 1. The number of aliphatic hydroxyl groups is 1. The highest BCUT2D eigenvalue weighted by molar-refractivity contribution is 5.79. The van der Waals surface area contributed by atoms with E-state index in [9.17, 15) is 9.90 Å². The van der Waals surface area contributed by atoms with E-state index in [-0.39, 0.29) is 11.8 Å². The molecule has 0 spiro atoms. The molecule has 4 heteroatoms. The minimum atomic E-state index is -0.705.